The van der Waals surface area contributed by atoms with Crippen LogP contribution in [0.2, 0.25) is 0 Å². The highest BCUT2D eigenvalue weighted by Gasteiger charge is 2.27. The van der Waals surface area contributed by atoms with Crippen molar-refractivity contribution < 1.29 is 13.2 Å². The molecule has 0 saturated carbocycles. The highest BCUT2D eigenvalue weighted by molar-refractivity contribution is 7.72. The average Bonchev–Trinajstić information content (AvgIpc) is 2.14. The van der Waals surface area contributed by atoms with E-state index in [1.54, 1.807) is 0 Å². The molecule has 58 valence electrons. The Labute approximate surface area is 61.5 Å². The van der Waals surface area contributed by atoms with Gasteiger partial charge in [-0.1, -0.05) is 13.8 Å². The number of hydrogen-bond acceptors (Lipinski definition) is 3. The molecule has 0 amide bonds. The molecule has 0 bridgehead atoms. The van der Waals surface area contributed by atoms with Crippen molar-refractivity contribution in [3.63, 3.8) is 0 Å². The van der Waals surface area contributed by atoms with Gasteiger partial charge in [-0.05, 0) is 5.92 Å². The van der Waals surface area contributed by atoms with E-state index < -0.39 is 10.3 Å². The summed E-state index contributed by atoms with van der Waals surface area (Å²) in [7, 11) is -2.15. The molecule has 4 heteroatoms. The summed E-state index contributed by atoms with van der Waals surface area (Å²) in [5, 5.41) is 0.215. The summed E-state index contributed by atoms with van der Waals surface area (Å²) in [6, 6.07) is 0. The molecule has 2 unspecified atom stereocenters. The van der Waals surface area contributed by atoms with Gasteiger partial charge in [0.1, 0.15) is 0 Å². The Kier molecular flexibility index (Phi) is 2.11. The van der Waals surface area contributed by atoms with Gasteiger partial charge >= 0.3 is 0 Å². The maximum absolute atomic E-state index is 10.4. The first-order valence-corrected chi connectivity index (χ1v) is 4.29. The van der Waals surface area contributed by atoms with E-state index in [1.165, 1.54) is 0 Å². The molecule has 0 N–H and O–H groups in total. The lowest BCUT2D eigenvalue weighted by Gasteiger charge is -2.01. The van der Waals surface area contributed by atoms with Gasteiger partial charge in [0.05, 0.1) is 6.61 Å². The molecule has 0 aromatic rings. The monoisotopic (exact) mass is 162 g/mol. The molecule has 0 radical (unpaired) electrons. The number of rotatable bonds is 0. The second kappa shape index (κ2) is 2.72. The van der Waals surface area contributed by atoms with Crippen LogP contribution in [0, 0.1) is 11.8 Å². The van der Waals surface area contributed by atoms with Gasteiger partial charge in [0.15, 0.2) is 5.05 Å². The molecule has 0 aromatic heterocycles. The molecule has 1 aliphatic heterocycles. The molecule has 1 fully saturated rings. The second-order valence-corrected chi connectivity index (χ2v) is 3.50. The van der Waals surface area contributed by atoms with Gasteiger partial charge < -0.3 is 4.74 Å². The van der Waals surface area contributed by atoms with Gasteiger partial charge in [-0.25, -0.2) is 0 Å². The van der Waals surface area contributed by atoms with E-state index >= 15 is 0 Å². The van der Waals surface area contributed by atoms with Crippen molar-refractivity contribution in [1.82, 2.24) is 0 Å². The Morgan fingerprint density at radius 3 is 2.30 bits per heavy atom. The topological polar surface area (TPSA) is 43.4 Å². The fraction of sp³-hybridized carbons (Fsp3) is 0.833. The van der Waals surface area contributed by atoms with Crippen molar-refractivity contribution in [2.75, 3.05) is 6.61 Å². The lowest BCUT2D eigenvalue weighted by Crippen LogP contribution is -2.09. The van der Waals surface area contributed by atoms with Crippen LogP contribution < -0.4 is 0 Å². The first kappa shape index (κ1) is 7.75. The zero-order valence-corrected chi connectivity index (χ0v) is 6.81. The smallest absolute Gasteiger partial charge is 0.240 e. The van der Waals surface area contributed by atoms with Crippen molar-refractivity contribution in [3.05, 3.63) is 0 Å². The minimum Gasteiger partial charge on any atom is -0.335 e. The van der Waals surface area contributed by atoms with E-state index in [1.807, 2.05) is 13.8 Å². The van der Waals surface area contributed by atoms with E-state index in [-0.39, 0.29) is 11.0 Å². The minimum atomic E-state index is -2.15. The highest BCUT2D eigenvalue weighted by atomic mass is 32.2. The molecule has 0 aromatic carbocycles. The SMILES string of the molecule is CC1COC(=S(=O)=O)C1C. The summed E-state index contributed by atoms with van der Waals surface area (Å²) < 4.78 is 25.7. The van der Waals surface area contributed by atoms with Crippen molar-refractivity contribution >= 4 is 15.3 Å². The summed E-state index contributed by atoms with van der Waals surface area (Å²) in [5.41, 5.74) is 0. The summed E-state index contributed by atoms with van der Waals surface area (Å²) >= 11 is 0. The Morgan fingerprint density at radius 2 is 2.10 bits per heavy atom. The van der Waals surface area contributed by atoms with Crippen LogP contribution in [0.4, 0.5) is 0 Å². The molecular weight excluding hydrogens is 152 g/mol. The van der Waals surface area contributed by atoms with Gasteiger partial charge in [0, 0.05) is 5.92 Å². The van der Waals surface area contributed by atoms with Crippen molar-refractivity contribution in [3.8, 4) is 0 Å². The van der Waals surface area contributed by atoms with Gasteiger partial charge in [-0.15, -0.1) is 0 Å². The quantitative estimate of drug-likeness (QED) is 0.481. The van der Waals surface area contributed by atoms with E-state index in [9.17, 15) is 8.42 Å². The van der Waals surface area contributed by atoms with Crippen LogP contribution in [0.1, 0.15) is 13.8 Å². The first-order chi connectivity index (χ1) is 4.63. The molecule has 0 spiro atoms. The molecule has 3 nitrogen and oxygen atoms in total. The summed E-state index contributed by atoms with van der Waals surface area (Å²) in [5.74, 6) is 0.381. The van der Waals surface area contributed by atoms with Crippen LogP contribution in [0.15, 0.2) is 0 Å². The fourth-order valence-electron chi connectivity index (χ4n) is 0.922. The van der Waals surface area contributed by atoms with Crippen LogP contribution in [0.3, 0.4) is 0 Å². The lowest BCUT2D eigenvalue weighted by atomic mass is 10.0. The van der Waals surface area contributed by atoms with E-state index in [0.29, 0.717) is 12.5 Å². The number of hydrogen-bond donors (Lipinski definition) is 0. The molecule has 1 aliphatic rings. The van der Waals surface area contributed by atoms with E-state index in [0.717, 1.165) is 0 Å². The predicted molar refractivity (Wildman–Crippen MR) is 38.2 cm³/mol. The maximum atomic E-state index is 10.4. The minimum absolute atomic E-state index is 0.0540. The summed E-state index contributed by atoms with van der Waals surface area (Å²) in [6.45, 7) is 4.37. The maximum Gasteiger partial charge on any atom is 0.240 e. The molecular formula is C6H10O3S. The van der Waals surface area contributed by atoms with Crippen LogP contribution in [-0.2, 0) is 15.0 Å². The largest absolute Gasteiger partial charge is 0.335 e. The van der Waals surface area contributed by atoms with Crippen molar-refractivity contribution in [1.29, 1.82) is 0 Å². The highest BCUT2D eigenvalue weighted by Crippen LogP contribution is 2.20. The van der Waals surface area contributed by atoms with Gasteiger partial charge in [0.25, 0.3) is 0 Å². The summed E-state index contributed by atoms with van der Waals surface area (Å²) in [6.07, 6.45) is 0. The Bertz CT molecular complexity index is 244. The van der Waals surface area contributed by atoms with Crippen LogP contribution >= 0.6 is 0 Å². The average molecular weight is 162 g/mol. The molecule has 1 rings (SSSR count). The standard InChI is InChI=1S/C6H10O3S/c1-4-3-9-6(5(4)2)10(7)8/h4-5H,3H2,1-2H3. The molecule has 1 saturated heterocycles. The van der Waals surface area contributed by atoms with Crippen molar-refractivity contribution in [2.45, 2.75) is 13.8 Å². The molecule has 1 heterocycles. The third-order valence-corrected chi connectivity index (χ3v) is 2.70. The van der Waals surface area contributed by atoms with Crippen LogP contribution in [-0.4, -0.2) is 20.1 Å². The van der Waals surface area contributed by atoms with Crippen molar-refractivity contribution in [2.24, 2.45) is 11.8 Å². The fourth-order valence-corrected chi connectivity index (χ4v) is 1.62. The van der Waals surface area contributed by atoms with Gasteiger partial charge in [-0.3, -0.25) is 0 Å². The second-order valence-electron chi connectivity index (χ2n) is 2.63. The van der Waals surface area contributed by atoms with Gasteiger partial charge in [-0.2, -0.15) is 8.42 Å². The Morgan fingerprint density at radius 1 is 1.50 bits per heavy atom. The van der Waals surface area contributed by atoms with Crippen LogP contribution in [0.25, 0.3) is 0 Å². The molecule has 10 heavy (non-hydrogen) atoms. The third kappa shape index (κ3) is 1.22. The Hall–Kier alpha value is -0.350. The molecule has 0 aliphatic carbocycles. The molecule has 2 atom stereocenters. The Balaban J connectivity index is 2.97. The predicted octanol–water partition coefficient (Wildman–Crippen LogP) is 0.298. The normalized spacial score (nSPS) is 32.8. The van der Waals surface area contributed by atoms with Crippen LogP contribution in [0.5, 0.6) is 0 Å². The zero-order valence-electron chi connectivity index (χ0n) is 5.99. The van der Waals surface area contributed by atoms with E-state index in [4.69, 9.17) is 4.74 Å². The van der Waals surface area contributed by atoms with E-state index in [2.05, 4.69) is 0 Å². The van der Waals surface area contributed by atoms with Gasteiger partial charge in [0.2, 0.25) is 10.3 Å². The third-order valence-electron chi connectivity index (χ3n) is 1.88. The lowest BCUT2D eigenvalue weighted by molar-refractivity contribution is 0.309. The zero-order chi connectivity index (χ0) is 7.72. The summed E-state index contributed by atoms with van der Waals surface area (Å²) in [4.78, 5) is 0. The first-order valence-electron chi connectivity index (χ1n) is 3.22. The number of ether oxygens (including phenoxy) is 1.